The lowest BCUT2D eigenvalue weighted by atomic mass is 9.81. The summed E-state index contributed by atoms with van der Waals surface area (Å²) in [6.07, 6.45) is 2.79. The summed E-state index contributed by atoms with van der Waals surface area (Å²) >= 11 is 0. The predicted molar refractivity (Wildman–Crippen MR) is 75.9 cm³/mol. The molecular formula is C17H18O2. The molecule has 0 aromatic heterocycles. The summed E-state index contributed by atoms with van der Waals surface area (Å²) in [6.45, 7) is 0. The molecule has 0 saturated heterocycles. The molecule has 0 spiro atoms. The van der Waals surface area contributed by atoms with Crippen molar-refractivity contribution >= 4 is 16.6 Å². The highest BCUT2D eigenvalue weighted by atomic mass is 16.3. The average molecular weight is 254 g/mol. The molecule has 2 heteroatoms. The molecule has 1 aliphatic carbocycles. The average Bonchev–Trinajstić information content (AvgIpc) is 2.46. The van der Waals surface area contributed by atoms with Crippen molar-refractivity contribution in [3.05, 3.63) is 48.0 Å². The number of carbonyl (C=O) groups is 1. The van der Waals surface area contributed by atoms with Crippen molar-refractivity contribution in [2.75, 3.05) is 0 Å². The van der Waals surface area contributed by atoms with Crippen LogP contribution in [0.5, 0.6) is 0 Å². The van der Waals surface area contributed by atoms with Gasteiger partial charge in [0, 0.05) is 12.3 Å². The second-order valence-electron chi connectivity index (χ2n) is 5.37. The molecule has 0 amide bonds. The standard InChI is InChI=1S/C17H18O2/c18-16-8-4-3-7-15(16)17(19)14-10-9-12-5-1-2-6-13(12)11-14/h1-2,5-6,9-11,15,17,19H,3-4,7-8H2/t15?,17-/m0/s1. The Morgan fingerprint density at radius 1 is 1.05 bits per heavy atom. The molecule has 1 saturated carbocycles. The zero-order valence-corrected chi connectivity index (χ0v) is 10.9. The molecule has 3 rings (SSSR count). The van der Waals surface area contributed by atoms with Gasteiger partial charge in [0.15, 0.2) is 0 Å². The Balaban J connectivity index is 1.92. The maximum atomic E-state index is 11.9. The van der Waals surface area contributed by atoms with Gasteiger partial charge in [-0.25, -0.2) is 0 Å². The van der Waals surface area contributed by atoms with Crippen LogP contribution >= 0.6 is 0 Å². The highest BCUT2D eigenvalue weighted by Gasteiger charge is 2.29. The summed E-state index contributed by atoms with van der Waals surface area (Å²) in [5, 5.41) is 12.7. The first-order valence-corrected chi connectivity index (χ1v) is 6.95. The second kappa shape index (κ2) is 5.14. The van der Waals surface area contributed by atoms with Gasteiger partial charge >= 0.3 is 0 Å². The van der Waals surface area contributed by atoms with Gasteiger partial charge in [-0.15, -0.1) is 0 Å². The third-order valence-electron chi connectivity index (χ3n) is 4.10. The molecule has 2 aromatic carbocycles. The number of fused-ring (bicyclic) bond motifs is 1. The Labute approximate surface area is 113 Å². The minimum absolute atomic E-state index is 0.213. The lowest BCUT2D eigenvalue weighted by Crippen LogP contribution is -2.25. The summed E-state index contributed by atoms with van der Waals surface area (Å²) in [5.41, 5.74) is 0.860. The molecule has 1 fully saturated rings. The van der Waals surface area contributed by atoms with E-state index in [0.717, 1.165) is 35.6 Å². The topological polar surface area (TPSA) is 37.3 Å². The van der Waals surface area contributed by atoms with E-state index in [-0.39, 0.29) is 11.7 Å². The second-order valence-corrected chi connectivity index (χ2v) is 5.37. The highest BCUT2D eigenvalue weighted by molar-refractivity contribution is 5.84. The summed E-state index contributed by atoms with van der Waals surface area (Å²) < 4.78 is 0. The van der Waals surface area contributed by atoms with Crippen molar-refractivity contribution in [1.82, 2.24) is 0 Å². The molecule has 0 bridgehead atoms. The molecule has 0 aliphatic heterocycles. The molecule has 1 unspecified atom stereocenters. The van der Waals surface area contributed by atoms with Crippen LogP contribution in [0.1, 0.15) is 37.4 Å². The van der Waals surface area contributed by atoms with Crippen LogP contribution in [0.3, 0.4) is 0 Å². The van der Waals surface area contributed by atoms with E-state index in [1.54, 1.807) is 0 Å². The zero-order valence-electron chi connectivity index (χ0n) is 10.9. The van der Waals surface area contributed by atoms with E-state index >= 15 is 0 Å². The minimum atomic E-state index is -0.655. The van der Waals surface area contributed by atoms with E-state index in [4.69, 9.17) is 0 Å². The first-order chi connectivity index (χ1) is 9.25. The van der Waals surface area contributed by atoms with Crippen molar-refractivity contribution < 1.29 is 9.90 Å². The van der Waals surface area contributed by atoms with E-state index in [1.165, 1.54) is 0 Å². The Bertz CT molecular complexity index is 603. The largest absolute Gasteiger partial charge is 0.388 e. The molecule has 2 atom stereocenters. The van der Waals surface area contributed by atoms with Crippen LogP contribution in [0.15, 0.2) is 42.5 Å². The van der Waals surface area contributed by atoms with Gasteiger partial charge < -0.3 is 5.11 Å². The fourth-order valence-corrected chi connectivity index (χ4v) is 2.97. The number of rotatable bonds is 2. The van der Waals surface area contributed by atoms with Gasteiger partial charge in [0.25, 0.3) is 0 Å². The van der Waals surface area contributed by atoms with Crippen LogP contribution in [0.2, 0.25) is 0 Å². The molecule has 98 valence electrons. The van der Waals surface area contributed by atoms with Crippen molar-refractivity contribution in [2.45, 2.75) is 31.8 Å². The number of aliphatic hydroxyl groups is 1. The first-order valence-electron chi connectivity index (χ1n) is 6.95. The van der Waals surface area contributed by atoms with Crippen LogP contribution in [-0.4, -0.2) is 10.9 Å². The fraction of sp³-hybridized carbons (Fsp3) is 0.353. The quantitative estimate of drug-likeness (QED) is 0.888. The number of hydrogen-bond donors (Lipinski definition) is 1. The molecule has 0 heterocycles. The Hall–Kier alpha value is -1.67. The monoisotopic (exact) mass is 254 g/mol. The third kappa shape index (κ3) is 2.41. The van der Waals surface area contributed by atoms with Crippen molar-refractivity contribution in [3.63, 3.8) is 0 Å². The van der Waals surface area contributed by atoms with E-state index in [2.05, 4.69) is 6.07 Å². The summed E-state index contributed by atoms with van der Waals surface area (Å²) in [4.78, 5) is 11.9. The first kappa shape index (κ1) is 12.4. The number of Topliss-reactive ketones (excluding diaryl/α,β-unsaturated/α-hetero) is 1. The van der Waals surface area contributed by atoms with Crippen molar-refractivity contribution in [3.8, 4) is 0 Å². The zero-order chi connectivity index (χ0) is 13.2. The van der Waals surface area contributed by atoms with Gasteiger partial charge in [-0.3, -0.25) is 4.79 Å². The smallest absolute Gasteiger partial charge is 0.138 e. The molecule has 0 radical (unpaired) electrons. The number of hydrogen-bond acceptors (Lipinski definition) is 2. The third-order valence-corrected chi connectivity index (χ3v) is 4.10. The van der Waals surface area contributed by atoms with Crippen LogP contribution in [-0.2, 0) is 4.79 Å². The lowest BCUT2D eigenvalue weighted by Gasteiger charge is -2.25. The van der Waals surface area contributed by atoms with Gasteiger partial charge in [-0.05, 0) is 35.2 Å². The van der Waals surface area contributed by atoms with Gasteiger partial charge in [-0.2, -0.15) is 0 Å². The summed E-state index contributed by atoms with van der Waals surface area (Å²) in [7, 11) is 0. The molecular weight excluding hydrogens is 236 g/mol. The maximum Gasteiger partial charge on any atom is 0.138 e. The van der Waals surface area contributed by atoms with Crippen LogP contribution < -0.4 is 0 Å². The normalized spacial score (nSPS) is 21.5. The van der Waals surface area contributed by atoms with E-state index in [0.29, 0.717) is 6.42 Å². The number of benzene rings is 2. The Morgan fingerprint density at radius 2 is 1.84 bits per heavy atom. The molecule has 2 nitrogen and oxygen atoms in total. The molecule has 1 N–H and O–H groups in total. The molecule has 19 heavy (non-hydrogen) atoms. The highest BCUT2D eigenvalue weighted by Crippen LogP contribution is 2.33. The Morgan fingerprint density at radius 3 is 2.63 bits per heavy atom. The van der Waals surface area contributed by atoms with Gasteiger partial charge in [-0.1, -0.05) is 42.8 Å². The number of ketones is 1. The van der Waals surface area contributed by atoms with Crippen LogP contribution in [0, 0.1) is 5.92 Å². The molecule has 2 aromatic rings. The van der Waals surface area contributed by atoms with E-state index in [1.807, 2.05) is 36.4 Å². The minimum Gasteiger partial charge on any atom is -0.388 e. The van der Waals surface area contributed by atoms with Crippen molar-refractivity contribution in [2.24, 2.45) is 5.92 Å². The predicted octanol–water partition coefficient (Wildman–Crippen LogP) is 3.63. The van der Waals surface area contributed by atoms with Crippen LogP contribution in [0.4, 0.5) is 0 Å². The van der Waals surface area contributed by atoms with Crippen LogP contribution in [0.25, 0.3) is 10.8 Å². The Kier molecular flexibility index (Phi) is 3.34. The number of carbonyl (C=O) groups excluding carboxylic acids is 1. The van der Waals surface area contributed by atoms with Gasteiger partial charge in [0.05, 0.1) is 6.10 Å². The lowest BCUT2D eigenvalue weighted by molar-refractivity contribution is -0.128. The summed E-state index contributed by atoms with van der Waals surface area (Å²) in [6, 6.07) is 14.0. The summed E-state index contributed by atoms with van der Waals surface area (Å²) in [5.74, 6) is 0.00169. The van der Waals surface area contributed by atoms with Gasteiger partial charge in [0.1, 0.15) is 5.78 Å². The SMILES string of the molecule is O=C1CCCCC1[C@@H](O)c1ccc2ccccc2c1. The van der Waals surface area contributed by atoms with Crippen molar-refractivity contribution in [1.29, 1.82) is 0 Å². The van der Waals surface area contributed by atoms with Gasteiger partial charge in [0.2, 0.25) is 0 Å². The maximum absolute atomic E-state index is 11.9. The fourth-order valence-electron chi connectivity index (χ4n) is 2.97. The molecule has 1 aliphatic rings. The van der Waals surface area contributed by atoms with E-state index < -0.39 is 6.10 Å². The van der Waals surface area contributed by atoms with E-state index in [9.17, 15) is 9.90 Å². The number of aliphatic hydroxyl groups excluding tert-OH is 1.